The molecule has 0 fully saturated rings. The highest BCUT2D eigenvalue weighted by Gasteiger charge is 2.01. The first-order valence-electron chi connectivity index (χ1n) is 8.68. The van der Waals surface area contributed by atoms with Gasteiger partial charge in [-0.15, -0.1) is 6.58 Å². The lowest BCUT2D eigenvalue weighted by molar-refractivity contribution is -0.143. The number of unbranched alkanes of at least 4 members (excludes halogenated alkanes) is 11. The van der Waals surface area contributed by atoms with Crippen molar-refractivity contribution in [2.75, 3.05) is 12.4 Å². The molecule has 0 bridgehead atoms. The van der Waals surface area contributed by atoms with E-state index in [1.54, 1.807) is 0 Å². The molecule has 124 valence electrons. The number of ether oxygens (including phenoxy) is 1. The zero-order valence-electron chi connectivity index (χ0n) is 13.7. The van der Waals surface area contributed by atoms with Gasteiger partial charge in [0.2, 0.25) is 0 Å². The highest BCUT2D eigenvalue weighted by Crippen LogP contribution is 2.12. The van der Waals surface area contributed by atoms with E-state index in [9.17, 15) is 4.79 Å². The maximum Gasteiger partial charge on any atom is 0.305 e. The molecule has 0 saturated heterocycles. The van der Waals surface area contributed by atoms with Crippen LogP contribution in [0.5, 0.6) is 0 Å². The smallest absolute Gasteiger partial charge is 0.305 e. The maximum absolute atomic E-state index is 11.2. The summed E-state index contributed by atoms with van der Waals surface area (Å²) in [6, 6.07) is 0. The van der Waals surface area contributed by atoms with Gasteiger partial charge in [-0.1, -0.05) is 63.9 Å². The van der Waals surface area contributed by atoms with Crippen molar-refractivity contribution in [2.45, 2.75) is 83.5 Å². The Hall–Kier alpha value is -0.440. The standard InChI is InChI=1S/C18H34O2S/c1-2-3-4-5-6-7-8-9-10-11-12-13-14-15-18(19)20-16-17-21/h2,21H,1,3-17H2. The second-order valence-corrected chi connectivity index (χ2v) is 6.11. The highest BCUT2D eigenvalue weighted by atomic mass is 32.1. The zero-order valence-corrected chi connectivity index (χ0v) is 14.5. The van der Waals surface area contributed by atoms with Gasteiger partial charge in [0.15, 0.2) is 0 Å². The molecule has 0 aliphatic heterocycles. The van der Waals surface area contributed by atoms with E-state index in [4.69, 9.17) is 4.74 Å². The molecule has 0 saturated carbocycles. The average Bonchev–Trinajstić information content (AvgIpc) is 2.49. The number of rotatable bonds is 16. The van der Waals surface area contributed by atoms with E-state index in [-0.39, 0.29) is 5.97 Å². The van der Waals surface area contributed by atoms with Crippen molar-refractivity contribution in [3.05, 3.63) is 12.7 Å². The van der Waals surface area contributed by atoms with Crippen molar-refractivity contribution in [1.82, 2.24) is 0 Å². The highest BCUT2D eigenvalue weighted by molar-refractivity contribution is 7.80. The SMILES string of the molecule is C=CCCCCCCCCCCCCCC(=O)OCCS. The van der Waals surface area contributed by atoms with E-state index in [2.05, 4.69) is 19.2 Å². The molecule has 0 aliphatic carbocycles. The third-order valence-corrected chi connectivity index (χ3v) is 3.83. The summed E-state index contributed by atoms with van der Waals surface area (Å²) in [5, 5.41) is 0. The number of thiol groups is 1. The number of esters is 1. The number of hydrogen-bond donors (Lipinski definition) is 1. The van der Waals surface area contributed by atoms with Gasteiger partial charge in [-0.25, -0.2) is 0 Å². The summed E-state index contributed by atoms with van der Waals surface area (Å²) in [6.07, 6.45) is 17.9. The maximum atomic E-state index is 11.2. The Morgan fingerprint density at radius 2 is 1.33 bits per heavy atom. The van der Waals surface area contributed by atoms with Crippen LogP contribution in [0.25, 0.3) is 0 Å². The van der Waals surface area contributed by atoms with Crippen molar-refractivity contribution in [2.24, 2.45) is 0 Å². The number of carbonyl (C=O) groups is 1. The summed E-state index contributed by atoms with van der Waals surface area (Å²) in [7, 11) is 0. The molecule has 0 N–H and O–H groups in total. The molecule has 0 amide bonds. The van der Waals surface area contributed by atoms with Crippen LogP contribution in [0.1, 0.15) is 83.5 Å². The second-order valence-electron chi connectivity index (χ2n) is 5.66. The molecular weight excluding hydrogens is 280 g/mol. The molecule has 0 aromatic heterocycles. The molecule has 0 unspecified atom stereocenters. The van der Waals surface area contributed by atoms with Gasteiger partial charge in [-0.3, -0.25) is 4.79 Å². The van der Waals surface area contributed by atoms with E-state index in [1.807, 2.05) is 6.08 Å². The van der Waals surface area contributed by atoms with Crippen LogP contribution in [0.15, 0.2) is 12.7 Å². The average molecular weight is 315 g/mol. The summed E-state index contributed by atoms with van der Waals surface area (Å²) in [6.45, 7) is 4.18. The fourth-order valence-electron chi connectivity index (χ4n) is 2.38. The molecule has 21 heavy (non-hydrogen) atoms. The Balaban J connectivity index is 3.05. The van der Waals surface area contributed by atoms with Crippen LogP contribution >= 0.6 is 12.6 Å². The van der Waals surface area contributed by atoms with Gasteiger partial charge in [-0.2, -0.15) is 12.6 Å². The molecule has 0 rings (SSSR count). The Labute approximate surface area is 137 Å². The third kappa shape index (κ3) is 17.5. The van der Waals surface area contributed by atoms with Crippen LogP contribution in [-0.2, 0) is 9.53 Å². The minimum absolute atomic E-state index is 0.0690. The summed E-state index contributed by atoms with van der Waals surface area (Å²) in [4.78, 5) is 11.2. The van der Waals surface area contributed by atoms with E-state index < -0.39 is 0 Å². The lowest BCUT2D eigenvalue weighted by Gasteiger charge is -2.03. The Morgan fingerprint density at radius 3 is 1.81 bits per heavy atom. The summed E-state index contributed by atoms with van der Waals surface area (Å²) in [5.41, 5.74) is 0. The Morgan fingerprint density at radius 1 is 0.857 bits per heavy atom. The van der Waals surface area contributed by atoms with Gasteiger partial charge in [0.25, 0.3) is 0 Å². The summed E-state index contributed by atoms with van der Waals surface area (Å²) in [5.74, 6) is 0.542. The predicted molar refractivity (Wildman–Crippen MR) is 95.0 cm³/mol. The largest absolute Gasteiger partial charge is 0.465 e. The van der Waals surface area contributed by atoms with Crippen LogP contribution in [0, 0.1) is 0 Å². The normalized spacial score (nSPS) is 10.5. The van der Waals surface area contributed by atoms with Crippen molar-refractivity contribution >= 4 is 18.6 Å². The fraction of sp³-hybridized carbons (Fsp3) is 0.833. The summed E-state index contributed by atoms with van der Waals surface area (Å²) < 4.78 is 4.98. The van der Waals surface area contributed by atoms with Gasteiger partial charge >= 0.3 is 5.97 Å². The molecule has 0 aromatic rings. The number of hydrogen-bond acceptors (Lipinski definition) is 3. The Bertz CT molecular complexity index is 241. The van der Waals surface area contributed by atoms with Crippen LogP contribution in [-0.4, -0.2) is 18.3 Å². The van der Waals surface area contributed by atoms with E-state index >= 15 is 0 Å². The number of allylic oxidation sites excluding steroid dienone is 1. The molecule has 0 aromatic carbocycles. The molecule has 0 atom stereocenters. The number of carbonyl (C=O) groups excluding carboxylic acids is 1. The summed E-state index contributed by atoms with van der Waals surface area (Å²) >= 11 is 4.01. The van der Waals surface area contributed by atoms with Crippen molar-refractivity contribution in [1.29, 1.82) is 0 Å². The molecule has 0 spiro atoms. The topological polar surface area (TPSA) is 26.3 Å². The lowest BCUT2D eigenvalue weighted by atomic mass is 10.0. The van der Waals surface area contributed by atoms with Gasteiger partial charge in [0, 0.05) is 12.2 Å². The first-order valence-corrected chi connectivity index (χ1v) is 9.32. The minimum atomic E-state index is -0.0690. The Kier molecular flexibility index (Phi) is 17.2. The molecule has 0 radical (unpaired) electrons. The fourth-order valence-corrected chi connectivity index (χ4v) is 2.47. The van der Waals surface area contributed by atoms with Crippen LogP contribution in [0.3, 0.4) is 0 Å². The monoisotopic (exact) mass is 314 g/mol. The second kappa shape index (κ2) is 17.6. The predicted octanol–water partition coefficient (Wildman–Crippen LogP) is 5.72. The van der Waals surface area contributed by atoms with E-state index in [0.29, 0.717) is 18.8 Å². The van der Waals surface area contributed by atoms with E-state index in [0.717, 1.165) is 12.8 Å². The lowest BCUT2D eigenvalue weighted by Crippen LogP contribution is -2.06. The third-order valence-electron chi connectivity index (χ3n) is 3.64. The van der Waals surface area contributed by atoms with Gasteiger partial charge in [0.1, 0.15) is 6.61 Å². The van der Waals surface area contributed by atoms with Crippen LogP contribution in [0.4, 0.5) is 0 Å². The molecular formula is C18H34O2S. The first kappa shape index (κ1) is 20.6. The van der Waals surface area contributed by atoms with Gasteiger partial charge in [-0.05, 0) is 19.3 Å². The van der Waals surface area contributed by atoms with Gasteiger partial charge < -0.3 is 4.74 Å². The zero-order chi connectivity index (χ0) is 15.6. The van der Waals surface area contributed by atoms with Gasteiger partial charge in [0.05, 0.1) is 0 Å². The molecule has 0 aliphatic rings. The molecule has 0 heterocycles. The molecule has 3 heteroatoms. The first-order chi connectivity index (χ1) is 10.3. The van der Waals surface area contributed by atoms with Crippen LogP contribution < -0.4 is 0 Å². The van der Waals surface area contributed by atoms with Crippen molar-refractivity contribution in [3.63, 3.8) is 0 Å². The minimum Gasteiger partial charge on any atom is -0.465 e. The molecule has 2 nitrogen and oxygen atoms in total. The quantitative estimate of drug-likeness (QED) is 0.171. The van der Waals surface area contributed by atoms with E-state index in [1.165, 1.54) is 64.2 Å². The van der Waals surface area contributed by atoms with Crippen molar-refractivity contribution in [3.8, 4) is 0 Å². The van der Waals surface area contributed by atoms with Crippen molar-refractivity contribution < 1.29 is 9.53 Å². The van der Waals surface area contributed by atoms with Crippen LogP contribution in [0.2, 0.25) is 0 Å².